The Morgan fingerprint density at radius 1 is 0.949 bits per heavy atom. The number of benzene rings is 3. The lowest BCUT2D eigenvalue weighted by Crippen LogP contribution is -2.35. The minimum Gasteiger partial charge on any atom is -0.444 e. The molecular weight excluding hydrogens is 508 g/mol. The molecule has 0 bridgehead atoms. The smallest absolute Gasteiger partial charge is 0.410 e. The monoisotopic (exact) mass is 540 g/mol. The van der Waals surface area contributed by atoms with E-state index >= 15 is 0 Å². The van der Waals surface area contributed by atoms with Crippen LogP contribution < -0.4 is 10.6 Å². The number of hydrogen-bond acceptors (Lipinski definition) is 6. The van der Waals surface area contributed by atoms with Gasteiger partial charge >= 0.3 is 6.09 Å². The number of thioether (sulfide) groups is 1. The van der Waals surface area contributed by atoms with E-state index < -0.39 is 5.60 Å². The molecule has 1 atom stereocenters. The van der Waals surface area contributed by atoms with E-state index in [2.05, 4.69) is 15.6 Å². The normalized spacial score (nSPS) is 15.3. The Kier molecular flexibility index (Phi) is 7.74. The zero-order valence-corrected chi connectivity index (χ0v) is 23.1. The highest BCUT2D eigenvalue weighted by atomic mass is 32.2. The highest BCUT2D eigenvalue weighted by Gasteiger charge is 2.30. The first-order chi connectivity index (χ1) is 18.7. The summed E-state index contributed by atoms with van der Waals surface area (Å²) in [6.45, 7) is 7.01. The summed E-state index contributed by atoms with van der Waals surface area (Å²) in [5.41, 5.74) is 3.60. The van der Waals surface area contributed by atoms with Crippen LogP contribution >= 0.6 is 11.8 Å². The first-order valence-electron chi connectivity index (χ1n) is 13.0. The molecule has 1 unspecified atom stereocenters. The number of amides is 2. The Morgan fingerprint density at radius 3 is 2.41 bits per heavy atom. The molecule has 1 saturated heterocycles. The number of nitrogens with one attached hydrogen (secondary N) is 2. The zero-order chi connectivity index (χ0) is 27.4. The zero-order valence-electron chi connectivity index (χ0n) is 22.3. The number of carbonyl (C=O) groups is 2. The van der Waals surface area contributed by atoms with Crippen molar-refractivity contribution in [3.05, 3.63) is 90.6 Å². The molecule has 1 fully saturated rings. The third-order valence-electron chi connectivity index (χ3n) is 6.29. The Hall–Kier alpha value is -4.04. The first kappa shape index (κ1) is 26.6. The van der Waals surface area contributed by atoms with Gasteiger partial charge in [-0.05, 0) is 87.9 Å². The molecule has 4 aromatic rings. The third kappa shape index (κ3) is 6.89. The minimum absolute atomic E-state index is 0.167. The Labute approximate surface area is 233 Å². The van der Waals surface area contributed by atoms with Crippen molar-refractivity contribution >= 4 is 51.7 Å². The molecule has 3 aromatic carbocycles. The number of fused-ring (bicyclic) bond motifs is 1. The van der Waals surface area contributed by atoms with Crippen molar-refractivity contribution in [3.8, 4) is 0 Å². The molecule has 1 aliphatic heterocycles. The second-order valence-corrected chi connectivity index (χ2v) is 11.9. The van der Waals surface area contributed by atoms with Crippen molar-refractivity contribution in [1.82, 2.24) is 9.88 Å². The van der Waals surface area contributed by atoms with Crippen LogP contribution in [-0.4, -0.2) is 45.8 Å². The van der Waals surface area contributed by atoms with E-state index in [4.69, 9.17) is 4.74 Å². The summed E-state index contributed by atoms with van der Waals surface area (Å²) in [5.74, 6) is -0.167. The summed E-state index contributed by atoms with van der Waals surface area (Å²) in [4.78, 5) is 32.4. The maximum absolute atomic E-state index is 12.8. The van der Waals surface area contributed by atoms with Crippen molar-refractivity contribution in [3.63, 3.8) is 0 Å². The number of ether oxygens (including phenoxy) is 1. The van der Waals surface area contributed by atoms with Gasteiger partial charge in [0.25, 0.3) is 5.91 Å². The van der Waals surface area contributed by atoms with Gasteiger partial charge in [0.15, 0.2) is 0 Å². The third-order valence-corrected chi connectivity index (χ3v) is 7.55. The van der Waals surface area contributed by atoms with Crippen LogP contribution in [0.15, 0.2) is 90.0 Å². The van der Waals surface area contributed by atoms with Crippen LogP contribution in [0.4, 0.5) is 21.9 Å². The van der Waals surface area contributed by atoms with Crippen molar-refractivity contribution in [2.24, 2.45) is 0 Å². The molecule has 0 spiro atoms. The molecule has 0 aliphatic carbocycles. The van der Waals surface area contributed by atoms with Crippen LogP contribution in [0.3, 0.4) is 0 Å². The van der Waals surface area contributed by atoms with Crippen molar-refractivity contribution < 1.29 is 14.3 Å². The van der Waals surface area contributed by atoms with Crippen LogP contribution in [0.25, 0.3) is 10.9 Å². The minimum atomic E-state index is -0.489. The highest BCUT2D eigenvalue weighted by Crippen LogP contribution is 2.31. The van der Waals surface area contributed by atoms with Gasteiger partial charge in [0.1, 0.15) is 5.60 Å². The summed E-state index contributed by atoms with van der Waals surface area (Å²) < 4.78 is 5.49. The number of anilines is 3. The second-order valence-electron chi connectivity index (χ2n) is 10.5. The second kappa shape index (κ2) is 11.4. The van der Waals surface area contributed by atoms with Gasteiger partial charge < -0.3 is 20.3 Å². The van der Waals surface area contributed by atoms with E-state index in [1.807, 2.05) is 99.6 Å². The van der Waals surface area contributed by atoms with Crippen molar-refractivity contribution in [1.29, 1.82) is 0 Å². The standard InChI is InChI=1S/C31H32N4O3S/c1-31(2,3)38-30(37)35-19-17-25(20-35)39-24-14-12-23(13-15-24)34-29(36)21-8-10-22(11-9-21)33-28-16-18-32-27-7-5-4-6-26(27)28/h4-16,18,25H,17,19-20H2,1-3H3,(H,32,33)(H,34,36). The number of carbonyl (C=O) groups excluding carboxylic acids is 2. The van der Waals surface area contributed by atoms with E-state index in [0.717, 1.165) is 39.3 Å². The lowest BCUT2D eigenvalue weighted by molar-refractivity contribution is 0.0295. The molecule has 2 amide bonds. The summed E-state index contributed by atoms with van der Waals surface area (Å²) in [7, 11) is 0. The van der Waals surface area contributed by atoms with E-state index in [9.17, 15) is 9.59 Å². The first-order valence-corrected chi connectivity index (χ1v) is 13.9. The number of hydrogen-bond donors (Lipinski definition) is 2. The number of pyridine rings is 1. The Bertz CT molecular complexity index is 1460. The maximum atomic E-state index is 12.8. The molecule has 39 heavy (non-hydrogen) atoms. The Balaban J connectivity index is 1.14. The summed E-state index contributed by atoms with van der Waals surface area (Å²) in [6.07, 6.45) is 2.45. The molecule has 1 aromatic heterocycles. The van der Waals surface area contributed by atoms with Crippen LogP contribution in [0, 0.1) is 0 Å². The number of nitrogens with zero attached hydrogens (tertiary/aromatic N) is 2. The molecule has 0 radical (unpaired) electrons. The predicted molar refractivity (Wildman–Crippen MR) is 158 cm³/mol. The van der Waals surface area contributed by atoms with Crippen molar-refractivity contribution in [2.75, 3.05) is 23.7 Å². The predicted octanol–water partition coefficient (Wildman–Crippen LogP) is 7.33. The summed E-state index contributed by atoms with van der Waals surface area (Å²) in [6, 6.07) is 25.1. The van der Waals surface area contributed by atoms with Gasteiger partial charge in [-0.3, -0.25) is 9.78 Å². The average Bonchev–Trinajstić information content (AvgIpc) is 3.38. The number of aromatic nitrogens is 1. The molecular formula is C31H32N4O3S. The van der Waals surface area contributed by atoms with Crippen LogP contribution in [0.2, 0.25) is 0 Å². The number of para-hydroxylation sites is 1. The van der Waals surface area contributed by atoms with Crippen molar-refractivity contribution in [2.45, 2.75) is 42.9 Å². The Morgan fingerprint density at radius 2 is 1.67 bits per heavy atom. The summed E-state index contributed by atoms with van der Waals surface area (Å²) >= 11 is 1.74. The molecule has 7 nitrogen and oxygen atoms in total. The number of likely N-dealkylation sites (tertiary alicyclic amines) is 1. The topological polar surface area (TPSA) is 83.6 Å². The summed E-state index contributed by atoms with van der Waals surface area (Å²) in [5, 5.41) is 7.74. The SMILES string of the molecule is CC(C)(C)OC(=O)N1CCC(Sc2ccc(NC(=O)c3ccc(Nc4ccnc5ccccc45)cc3)cc2)C1. The van der Waals surface area contributed by atoms with E-state index in [1.54, 1.807) is 22.9 Å². The van der Waals surface area contributed by atoms with Gasteiger partial charge in [0, 0.05) is 57.4 Å². The molecule has 2 N–H and O–H groups in total. The van der Waals surface area contributed by atoms with Gasteiger partial charge in [-0.25, -0.2) is 4.79 Å². The lowest BCUT2D eigenvalue weighted by atomic mass is 10.1. The number of rotatable bonds is 6. The van der Waals surface area contributed by atoms with E-state index in [1.165, 1.54) is 0 Å². The van der Waals surface area contributed by atoms with Crippen LogP contribution in [0.1, 0.15) is 37.6 Å². The maximum Gasteiger partial charge on any atom is 0.410 e. The quantitative estimate of drug-likeness (QED) is 0.266. The van der Waals surface area contributed by atoms with E-state index in [0.29, 0.717) is 23.9 Å². The van der Waals surface area contributed by atoms with E-state index in [-0.39, 0.29) is 12.0 Å². The average molecular weight is 541 g/mol. The fraction of sp³-hybridized carbons (Fsp3) is 0.258. The molecule has 200 valence electrons. The molecule has 8 heteroatoms. The fourth-order valence-electron chi connectivity index (χ4n) is 4.39. The van der Waals surface area contributed by atoms with Crippen LogP contribution in [0.5, 0.6) is 0 Å². The van der Waals surface area contributed by atoms with Gasteiger partial charge in [-0.15, -0.1) is 11.8 Å². The van der Waals surface area contributed by atoms with Gasteiger partial charge in [-0.2, -0.15) is 0 Å². The van der Waals surface area contributed by atoms with Gasteiger partial charge in [0.05, 0.1) is 5.52 Å². The van der Waals surface area contributed by atoms with Gasteiger partial charge in [0.2, 0.25) is 0 Å². The molecule has 1 aliphatic rings. The van der Waals surface area contributed by atoms with Gasteiger partial charge in [-0.1, -0.05) is 18.2 Å². The molecule has 2 heterocycles. The van der Waals surface area contributed by atoms with Crippen LogP contribution in [-0.2, 0) is 4.74 Å². The molecule has 5 rings (SSSR count). The fourth-order valence-corrected chi connectivity index (χ4v) is 5.55. The highest BCUT2D eigenvalue weighted by molar-refractivity contribution is 8.00. The molecule has 0 saturated carbocycles. The largest absolute Gasteiger partial charge is 0.444 e. The lowest BCUT2D eigenvalue weighted by Gasteiger charge is -2.24.